The van der Waals surface area contributed by atoms with Crippen molar-refractivity contribution >= 4 is 29.0 Å². The normalized spacial score (nSPS) is 15.5. The third-order valence-electron chi connectivity index (χ3n) is 7.21. The van der Waals surface area contributed by atoms with E-state index in [4.69, 9.17) is 0 Å². The summed E-state index contributed by atoms with van der Waals surface area (Å²) in [5.41, 5.74) is 2.80. The summed E-state index contributed by atoms with van der Waals surface area (Å²) in [6.45, 7) is 1.92. The smallest absolute Gasteiger partial charge is 0.257 e. The Morgan fingerprint density at radius 2 is 1.85 bits per heavy atom. The maximum Gasteiger partial charge on any atom is 0.257 e. The number of pyridine rings is 1. The predicted octanol–water partition coefficient (Wildman–Crippen LogP) is 6.49. The second kappa shape index (κ2) is 11.4. The highest BCUT2D eigenvalue weighted by Gasteiger charge is 2.34. The van der Waals surface area contributed by atoms with Crippen molar-refractivity contribution in [2.24, 2.45) is 0 Å². The minimum absolute atomic E-state index is 0.0756. The number of H-pyrrole nitrogens is 1. The standard InChI is InChI=1S/C30H27F4N5O2/c1-16-13-23-26(30(41)39(16)2)28(36-22-6-4-3-5-21(22)32)27(37-23)18-11-12-35-25(14-18)38-29(40)20(15-24(33)34)17-7-9-19(31)10-8-17/h3-12,14,16,20,24,36-37H,13,15H2,1-2H3,(H,35,38,40)/t16-,20+/m1/s1. The molecule has 0 aliphatic carbocycles. The van der Waals surface area contributed by atoms with Gasteiger partial charge < -0.3 is 20.5 Å². The molecule has 7 nitrogen and oxygen atoms in total. The van der Waals surface area contributed by atoms with Crippen LogP contribution in [0.15, 0.2) is 66.9 Å². The number of rotatable bonds is 8. The lowest BCUT2D eigenvalue weighted by atomic mass is 9.95. The summed E-state index contributed by atoms with van der Waals surface area (Å²) in [6.07, 6.45) is -1.57. The van der Waals surface area contributed by atoms with Crippen LogP contribution in [0.2, 0.25) is 0 Å². The van der Waals surface area contributed by atoms with Crippen LogP contribution < -0.4 is 10.6 Å². The Balaban J connectivity index is 1.51. The summed E-state index contributed by atoms with van der Waals surface area (Å²) >= 11 is 0. The zero-order valence-electron chi connectivity index (χ0n) is 22.2. The number of fused-ring (bicyclic) bond motifs is 1. The number of aromatic nitrogens is 2. The van der Waals surface area contributed by atoms with Crippen LogP contribution in [0.25, 0.3) is 11.3 Å². The van der Waals surface area contributed by atoms with Crippen molar-refractivity contribution < 1.29 is 27.2 Å². The monoisotopic (exact) mass is 565 g/mol. The number of alkyl halides is 2. The number of aromatic amines is 1. The lowest BCUT2D eigenvalue weighted by Crippen LogP contribution is -2.41. The third kappa shape index (κ3) is 5.79. The molecule has 11 heteroatoms. The van der Waals surface area contributed by atoms with Gasteiger partial charge in [0.05, 0.1) is 28.6 Å². The molecule has 0 bridgehead atoms. The van der Waals surface area contributed by atoms with Gasteiger partial charge in [-0.25, -0.2) is 22.5 Å². The first-order valence-corrected chi connectivity index (χ1v) is 13.0. The van der Waals surface area contributed by atoms with E-state index in [1.807, 2.05) is 6.92 Å². The van der Waals surface area contributed by atoms with E-state index < -0.39 is 36.3 Å². The van der Waals surface area contributed by atoms with Gasteiger partial charge in [-0.15, -0.1) is 0 Å². The van der Waals surface area contributed by atoms with Gasteiger partial charge in [0.1, 0.15) is 17.5 Å². The van der Waals surface area contributed by atoms with Crippen molar-refractivity contribution in [2.45, 2.75) is 38.2 Å². The summed E-state index contributed by atoms with van der Waals surface area (Å²) in [5.74, 6) is -3.19. The van der Waals surface area contributed by atoms with Crippen molar-refractivity contribution in [1.29, 1.82) is 0 Å². The van der Waals surface area contributed by atoms with Gasteiger partial charge in [-0.1, -0.05) is 24.3 Å². The highest BCUT2D eigenvalue weighted by atomic mass is 19.3. The Morgan fingerprint density at radius 3 is 2.56 bits per heavy atom. The van der Waals surface area contributed by atoms with Crippen LogP contribution in [0.1, 0.15) is 40.9 Å². The van der Waals surface area contributed by atoms with Gasteiger partial charge in [0, 0.05) is 43.4 Å². The number of nitrogens with one attached hydrogen (secondary N) is 3. The Bertz CT molecular complexity index is 1590. The van der Waals surface area contributed by atoms with E-state index >= 15 is 0 Å². The molecule has 0 saturated heterocycles. The summed E-state index contributed by atoms with van der Waals surface area (Å²) in [5, 5.41) is 5.65. The van der Waals surface area contributed by atoms with Crippen LogP contribution in [0.5, 0.6) is 0 Å². The first kappa shape index (κ1) is 27.9. The Morgan fingerprint density at radius 1 is 1.12 bits per heavy atom. The molecule has 2 atom stereocenters. The molecule has 5 rings (SSSR count). The minimum Gasteiger partial charge on any atom is -0.356 e. The summed E-state index contributed by atoms with van der Waals surface area (Å²) in [6, 6.07) is 14.0. The number of halogens is 4. The second-order valence-corrected chi connectivity index (χ2v) is 9.95. The van der Waals surface area contributed by atoms with E-state index in [0.717, 1.165) is 12.1 Å². The molecule has 4 aromatic rings. The Hall–Kier alpha value is -4.67. The largest absolute Gasteiger partial charge is 0.356 e. The fourth-order valence-electron chi connectivity index (χ4n) is 4.92. The molecule has 2 amide bonds. The summed E-state index contributed by atoms with van der Waals surface area (Å²) in [7, 11) is 1.70. The van der Waals surface area contributed by atoms with Gasteiger partial charge >= 0.3 is 0 Å². The molecule has 3 heterocycles. The average molecular weight is 566 g/mol. The van der Waals surface area contributed by atoms with Crippen LogP contribution in [0, 0.1) is 11.6 Å². The zero-order chi connectivity index (χ0) is 29.3. The number of benzene rings is 2. The Labute approximate surface area is 233 Å². The van der Waals surface area contributed by atoms with Gasteiger partial charge in [0.2, 0.25) is 12.3 Å². The topological polar surface area (TPSA) is 90.1 Å². The molecule has 1 aliphatic rings. The average Bonchev–Trinajstić information content (AvgIpc) is 3.30. The number of para-hydroxylation sites is 1. The molecule has 2 aromatic heterocycles. The first-order valence-electron chi connectivity index (χ1n) is 13.0. The van der Waals surface area contributed by atoms with Crippen molar-refractivity contribution in [3.63, 3.8) is 0 Å². The third-order valence-corrected chi connectivity index (χ3v) is 7.21. The van der Waals surface area contributed by atoms with Crippen LogP contribution in [-0.2, 0) is 11.2 Å². The summed E-state index contributed by atoms with van der Waals surface area (Å²) < 4.78 is 54.7. The fraction of sp³-hybridized carbons (Fsp3) is 0.233. The maximum atomic E-state index is 14.6. The number of anilines is 3. The fourth-order valence-corrected chi connectivity index (χ4v) is 4.92. The van der Waals surface area contributed by atoms with Crippen molar-refractivity contribution in [1.82, 2.24) is 14.9 Å². The van der Waals surface area contributed by atoms with Crippen molar-refractivity contribution in [2.75, 3.05) is 17.7 Å². The molecular weight excluding hydrogens is 538 g/mol. The van der Waals surface area contributed by atoms with E-state index in [9.17, 15) is 27.2 Å². The van der Waals surface area contributed by atoms with E-state index in [1.165, 1.54) is 30.5 Å². The van der Waals surface area contributed by atoms with E-state index in [-0.39, 0.29) is 29.0 Å². The number of amides is 2. The van der Waals surface area contributed by atoms with Gasteiger partial charge in [-0.2, -0.15) is 0 Å². The minimum atomic E-state index is -2.77. The number of hydrogen-bond acceptors (Lipinski definition) is 4. The summed E-state index contributed by atoms with van der Waals surface area (Å²) in [4.78, 5) is 35.5. The van der Waals surface area contributed by atoms with Crippen LogP contribution in [-0.4, -0.2) is 46.2 Å². The molecule has 212 valence electrons. The molecule has 1 aliphatic heterocycles. The van der Waals surface area contributed by atoms with Crippen LogP contribution in [0.4, 0.5) is 34.8 Å². The van der Waals surface area contributed by atoms with E-state index in [2.05, 4.69) is 20.6 Å². The number of likely N-dealkylation sites (N-methyl/N-ethyl adjacent to an activating group) is 1. The molecule has 0 radical (unpaired) electrons. The van der Waals surface area contributed by atoms with Gasteiger partial charge in [0.25, 0.3) is 5.91 Å². The Kier molecular flexibility index (Phi) is 7.78. The quantitative estimate of drug-likeness (QED) is 0.213. The van der Waals surface area contributed by atoms with Crippen LogP contribution >= 0.6 is 0 Å². The second-order valence-electron chi connectivity index (χ2n) is 9.95. The molecular formula is C30H27F4N5O2. The molecule has 41 heavy (non-hydrogen) atoms. The molecule has 0 unspecified atom stereocenters. The zero-order valence-corrected chi connectivity index (χ0v) is 22.2. The lowest BCUT2D eigenvalue weighted by molar-refractivity contribution is -0.118. The van der Waals surface area contributed by atoms with Gasteiger partial charge in [-0.3, -0.25) is 9.59 Å². The van der Waals surface area contributed by atoms with Crippen LogP contribution in [0.3, 0.4) is 0 Å². The number of carbonyl (C=O) groups excluding carboxylic acids is 2. The SMILES string of the molecule is C[C@@H]1Cc2[nH]c(-c3ccnc(NC(=O)[C@@H](CC(F)F)c4ccc(F)cc4)c3)c(Nc3ccccc3F)c2C(=O)N1C. The van der Waals surface area contributed by atoms with Crippen molar-refractivity contribution in [3.05, 3.63) is 95.3 Å². The lowest BCUT2D eigenvalue weighted by Gasteiger charge is -2.30. The number of carbonyl (C=O) groups is 2. The first-order chi connectivity index (χ1) is 19.6. The van der Waals surface area contributed by atoms with Crippen molar-refractivity contribution in [3.8, 4) is 11.3 Å². The highest BCUT2D eigenvalue weighted by molar-refractivity contribution is 6.06. The highest BCUT2D eigenvalue weighted by Crippen LogP contribution is 2.39. The number of nitrogens with zero attached hydrogens (tertiary/aromatic N) is 2. The predicted molar refractivity (Wildman–Crippen MR) is 147 cm³/mol. The molecule has 0 spiro atoms. The molecule has 0 fully saturated rings. The number of hydrogen-bond donors (Lipinski definition) is 3. The van der Waals surface area contributed by atoms with Gasteiger partial charge in [0.15, 0.2) is 0 Å². The molecule has 0 saturated carbocycles. The molecule has 3 N–H and O–H groups in total. The molecule has 2 aromatic carbocycles. The maximum absolute atomic E-state index is 14.6. The van der Waals surface area contributed by atoms with E-state index in [1.54, 1.807) is 36.2 Å². The van der Waals surface area contributed by atoms with Gasteiger partial charge in [-0.05, 0) is 48.9 Å². The van der Waals surface area contributed by atoms with E-state index in [0.29, 0.717) is 34.6 Å².